The number of rotatable bonds is 6. The lowest BCUT2D eigenvalue weighted by atomic mass is 10.2. The highest BCUT2D eigenvalue weighted by Crippen LogP contribution is 2.38. The predicted molar refractivity (Wildman–Crippen MR) is 58.5 cm³/mol. The molecule has 0 aliphatic heterocycles. The van der Waals surface area contributed by atoms with Gasteiger partial charge in [-0.1, -0.05) is 0 Å². The summed E-state index contributed by atoms with van der Waals surface area (Å²) in [4.78, 5) is 34.6. The molecule has 0 amide bonds. The zero-order chi connectivity index (χ0) is 17.5. The van der Waals surface area contributed by atoms with Crippen LogP contribution >= 0.6 is 23.2 Å². The van der Waals surface area contributed by atoms with Crippen LogP contribution < -0.4 is 4.90 Å². The third kappa shape index (κ3) is 2.09. The summed E-state index contributed by atoms with van der Waals surface area (Å²) in [5.74, 6) is 0. The van der Waals surface area contributed by atoms with Crippen LogP contribution in [0.3, 0.4) is 0 Å². The lowest BCUT2D eigenvalue weighted by Gasteiger charge is -2.08. The Kier molecular flexibility index (Phi) is 4.02. The molecule has 0 unspecified atom stereocenters. The Morgan fingerprint density at radius 3 is 1.59 bits per heavy atom. The summed E-state index contributed by atoms with van der Waals surface area (Å²) < 4.78 is 3.71. The minimum absolute atomic E-state index is 1.06. The van der Waals surface area contributed by atoms with Gasteiger partial charge in [-0.25, -0.2) is 0 Å². The maximum atomic E-state index is 11.3. The van der Waals surface area contributed by atoms with Crippen LogP contribution in [0.5, 0.6) is 0 Å². The van der Waals surface area contributed by atoms with Crippen LogP contribution in [0.1, 0.15) is 11.4 Å². The second-order valence-electron chi connectivity index (χ2n) is 3.33. The first kappa shape index (κ1) is 17.2. The highest BCUT2D eigenvalue weighted by molar-refractivity contribution is 6.23. The van der Waals surface area contributed by atoms with Crippen LogP contribution in [0.2, 0.25) is 0 Å². The first-order valence-electron chi connectivity index (χ1n) is 4.48. The summed E-state index contributed by atoms with van der Waals surface area (Å²) >= 11 is 10.2. The van der Waals surface area contributed by atoms with Crippen molar-refractivity contribution >= 4 is 23.2 Å². The van der Waals surface area contributed by atoms with Crippen molar-refractivity contribution < 1.29 is 29.2 Å². The lowest BCUT2D eigenvalue weighted by Crippen LogP contribution is -2.50. The van der Waals surface area contributed by atoms with Gasteiger partial charge in [0.05, 0.1) is 28.4 Å². The number of alkyl halides is 2. The summed E-state index contributed by atoms with van der Waals surface area (Å²) in [6, 6.07) is 0. The van der Waals surface area contributed by atoms with Gasteiger partial charge in [0, 0.05) is 0 Å². The molecule has 0 aromatic carbocycles. The van der Waals surface area contributed by atoms with E-state index in [4.69, 9.17) is 23.2 Å². The number of aromatic nitrogens is 2. The largest absolute Gasteiger partial charge is 0.610 e. The molecule has 1 rings (SSSR count). The van der Waals surface area contributed by atoms with Crippen LogP contribution in [0.25, 0.3) is 0 Å². The van der Waals surface area contributed by atoms with Gasteiger partial charge in [-0.2, -0.15) is 0 Å². The number of nitro groups is 4. The van der Waals surface area contributed by atoms with Gasteiger partial charge in [0.25, 0.3) is 0 Å². The molecule has 0 aliphatic carbocycles. The average Bonchev–Trinajstić information content (AvgIpc) is 2.78. The molecule has 0 aliphatic rings. The Hall–Kier alpha value is -2.88. The fourth-order valence-corrected chi connectivity index (χ4v) is 1.49. The van der Waals surface area contributed by atoms with Crippen molar-refractivity contribution in [2.24, 2.45) is 0 Å². The maximum absolute atomic E-state index is 11.3. The van der Waals surface area contributed by atoms with Crippen molar-refractivity contribution in [3.63, 3.8) is 0 Å². The minimum atomic E-state index is -4.05. The fourth-order valence-electron chi connectivity index (χ4n) is 1.20. The molecule has 1 aromatic rings. The van der Waals surface area contributed by atoms with Crippen molar-refractivity contribution in [1.82, 2.24) is 5.16 Å². The molecular weight excluding hydrogens is 363 g/mol. The van der Waals surface area contributed by atoms with Gasteiger partial charge in [0.15, 0.2) is 0 Å². The Morgan fingerprint density at radius 1 is 0.909 bits per heavy atom. The third-order valence-corrected chi connectivity index (χ3v) is 3.09. The summed E-state index contributed by atoms with van der Waals surface area (Å²) in [6.07, 6.45) is 0. The van der Waals surface area contributed by atoms with Gasteiger partial charge in [-0.05, 0) is 4.90 Å². The van der Waals surface area contributed by atoms with Gasteiger partial charge in [0.1, 0.15) is 19.7 Å². The normalized spacial score (nSPS) is 11.9. The molecule has 0 spiro atoms. The van der Waals surface area contributed by atoms with Crippen molar-refractivity contribution in [2.45, 2.75) is 10.2 Å². The van der Waals surface area contributed by atoms with E-state index in [1.807, 2.05) is 0 Å². The number of nitrogens with zero attached hydrogens (tertiary/aromatic N) is 6. The molecule has 0 saturated carbocycles. The van der Waals surface area contributed by atoms with Crippen molar-refractivity contribution in [2.75, 3.05) is 0 Å². The van der Waals surface area contributed by atoms with Crippen LogP contribution in [-0.4, -0.2) is 24.8 Å². The molecule has 0 atom stereocenters. The van der Waals surface area contributed by atoms with Gasteiger partial charge >= 0.3 is 21.6 Å². The van der Waals surface area contributed by atoms with Crippen LogP contribution in [-0.2, 0) is 10.2 Å². The Bertz CT molecular complexity index is 657. The third-order valence-electron chi connectivity index (χ3n) is 2.18. The van der Waals surface area contributed by atoms with E-state index in [2.05, 4.69) is 9.79 Å². The van der Waals surface area contributed by atoms with E-state index in [9.17, 15) is 45.7 Å². The van der Waals surface area contributed by atoms with E-state index in [0.29, 0.717) is 0 Å². The molecule has 0 fully saturated rings. The topological polar surface area (TPSA) is 226 Å². The van der Waals surface area contributed by atoms with E-state index < -0.39 is 46.2 Å². The molecule has 22 heavy (non-hydrogen) atoms. The molecular formula is C4Cl2N6O10. The van der Waals surface area contributed by atoms with Crippen LogP contribution in [0.4, 0.5) is 0 Å². The zero-order valence-corrected chi connectivity index (χ0v) is 11.0. The molecule has 0 N–H and O–H groups in total. The number of hydrogen-bond donors (Lipinski definition) is 0. The molecule has 16 nitrogen and oxygen atoms in total. The quantitative estimate of drug-likeness (QED) is 0.150. The molecule has 0 radical (unpaired) electrons. The second-order valence-corrected chi connectivity index (χ2v) is 4.38. The van der Waals surface area contributed by atoms with Crippen molar-refractivity contribution in [3.8, 4) is 0 Å². The van der Waals surface area contributed by atoms with E-state index in [-0.39, 0.29) is 0 Å². The smallest absolute Gasteiger partial charge is 0.359 e. The molecule has 0 bridgehead atoms. The fraction of sp³-hybridized carbons (Fsp3) is 0.500. The van der Waals surface area contributed by atoms with Gasteiger partial charge in [-0.15, -0.1) is 0 Å². The molecule has 0 saturated heterocycles. The van der Waals surface area contributed by atoms with E-state index in [0.717, 1.165) is 0 Å². The Morgan fingerprint density at radius 2 is 1.27 bits per heavy atom. The summed E-state index contributed by atoms with van der Waals surface area (Å²) in [6.45, 7) is 0. The number of halogens is 2. The highest BCUT2D eigenvalue weighted by atomic mass is 35.5. The predicted octanol–water partition coefficient (Wildman–Crippen LogP) is -0.887. The Labute approximate surface area is 125 Å². The second kappa shape index (κ2) is 5.15. The van der Waals surface area contributed by atoms with Crippen LogP contribution in [0.15, 0.2) is 4.63 Å². The monoisotopic (exact) mass is 362 g/mol. The SMILES string of the molecule is O=[N+]([O-])C(Cl)(c1no[n+]([O-])c1C(Cl)([N+](=O)[O-])[N+](=O)[O-])[N+](=O)[O-]. The number of hydrogen-bond acceptors (Lipinski definition) is 11. The maximum Gasteiger partial charge on any atom is 0.610 e. The van der Waals surface area contributed by atoms with Crippen LogP contribution in [0, 0.1) is 45.7 Å². The molecule has 18 heteroatoms. The van der Waals surface area contributed by atoms with E-state index >= 15 is 0 Å². The molecule has 1 heterocycles. The lowest BCUT2D eigenvalue weighted by molar-refractivity contribution is -0.860. The minimum Gasteiger partial charge on any atom is -0.359 e. The van der Waals surface area contributed by atoms with E-state index in [1.54, 1.807) is 0 Å². The molecule has 120 valence electrons. The summed E-state index contributed by atoms with van der Waals surface area (Å²) in [5, 5.41) is 48.8. The Balaban J connectivity index is 3.85. The standard InChI is InChI=1S/C4Cl2N6O10/c5-3(9(14)15,10(16)17)1-2(8(13)22-7-1)4(6,11(18)19)12(20)21. The molecule has 1 aromatic heterocycles. The summed E-state index contributed by atoms with van der Waals surface area (Å²) in [7, 11) is 0. The van der Waals surface area contributed by atoms with E-state index in [1.165, 1.54) is 0 Å². The first-order chi connectivity index (χ1) is 9.91. The van der Waals surface area contributed by atoms with Crippen molar-refractivity contribution in [1.29, 1.82) is 0 Å². The van der Waals surface area contributed by atoms with Crippen molar-refractivity contribution in [3.05, 3.63) is 57.1 Å². The average molecular weight is 363 g/mol. The summed E-state index contributed by atoms with van der Waals surface area (Å²) in [5.41, 5.74) is -3.75. The van der Waals surface area contributed by atoms with Gasteiger partial charge in [0.2, 0.25) is 0 Å². The van der Waals surface area contributed by atoms with Gasteiger partial charge in [-0.3, -0.25) is 45.1 Å². The highest BCUT2D eigenvalue weighted by Gasteiger charge is 2.76. The first-order valence-corrected chi connectivity index (χ1v) is 5.23. The zero-order valence-electron chi connectivity index (χ0n) is 9.52. The van der Waals surface area contributed by atoms with Gasteiger partial charge < -0.3 is 5.21 Å².